The Balaban J connectivity index is 1.99. The van der Waals surface area contributed by atoms with Crippen molar-refractivity contribution in [1.29, 1.82) is 5.26 Å². The minimum absolute atomic E-state index is 0.299. The highest BCUT2D eigenvalue weighted by atomic mass is 35.5. The molecule has 0 saturated carbocycles. The Hall–Kier alpha value is -2.97. The fourth-order valence-electron chi connectivity index (χ4n) is 1.92. The Kier molecular flexibility index (Phi) is 3.95. The highest BCUT2D eigenvalue weighted by Crippen LogP contribution is 2.23. The normalized spacial score (nSPS) is 10.0. The summed E-state index contributed by atoms with van der Waals surface area (Å²) in [6.07, 6.45) is 1.66. The van der Waals surface area contributed by atoms with Gasteiger partial charge in [-0.25, -0.2) is 9.97 Å². The third-order valence-corrected chi connectivity index (χ3v) is 3.09. The molecule has 0 saturated heterocycles. The van der Waals surface area contributed by atoms with Gasteiger partial charge in [0.2, 0.25) is 0 Å². The van der Waals surface area contributed by atoms with Crippen LogP contribution in [0.3, 0.4) is 0 Å². The number of aromatic nitrogens is 3. The Morgan fingerprint density at radius 3 is 2.64 bits per heavy atom. The number of hydrogen-bond donors (Lipinski definition) is 1. The minimum atomic E-state index is 0.299. The number of anilines is 2. The molecule has 3 rings (SSSR count). The molecule has 2 heterocycles. The maximum atomic E-state index is 9.12. The number of nitrogens with one attached hydrogen (secondary N) is 1. The molecular weight excluding hydrogens is 298 g/mol. The molecule has 3 aromatic rings. The lowest BCUT2D eigenvalue weighted by Gasteiger charge is -2.09. The molecule has 2 aromatic heterocycles. The summed E-state index contributed by atoms with van der Waals surface area (Å²) in [7, 11) is 0. The molecular formula is C16H10ClN5. The number of pyridine rings is 1. The van der Waals surface area contributed by atoms with Crippen LogP contribution in [-0.2, 0) is 0 Å². The molecule has 0 fully saturated rings. The second-order valence-electron chi connectivity index (χ2n) is 4.40. The van der Waals surface area contributed by atoms with Gasteiger partial charge in [-0.2, -0.15) is 5.26 Å². The molecule has 6 heteroatoms. The lowest BCUT2D eigenvalue weighted by molar-refractivity contribution is 1.14. The third kappa shape index (κ3) is 3.03. The van der Waals surface area contributed by atoms with Crippen LogP contribution in [0, 0.1) is 11.3 Å². The molecule has 106 valence electrons. The van der Waals surface area contributed by atoms with E-state index in [1.165, 1.54) is 0 Å². The van der Waals surface area contributed by atoms with Crippen LogP contribution in [0.4, 0.5) is 11.5 Å². The molecule has 0 bridgehead atoms. The Bertz CT molecular complexity index is 843. The Labute approximate surface area is 132 Å². The van der Waals surface area contributed by atoms with E-state index in [0.29, 0.717) is 33.7 Å². The zero-order valence-corrected chi connectivity index (χ0v) is 12.1. The predicted molar refractivity (Wildman–Crippen MR) is 84.7 cm³/mol. The van der Waals surface area contributed by atoms with Gasteiger partial charge in [-0.1, -0.05) is 29.8 Å². The molecule has 0 amide bonds. The van der Waals surface area contributed by atoms with Crippen LogP contribution in [0.15, 0.2) is 54.7 Å². The van der Waals surface area contributed by atoms with Crippen LogP contribution >= 0.6 is 11.6 Å². The number of nitrogens with zero attached hydrogens (tertiary/aromatic N) is 4. The third-order valence-electron chi connectivity index (χ3n) is 2.90. The SMILES string of the molecule is N#Cc1ccccc1Nc1cc(Cl)nc(-c2ccccn2)n1. The van der Waals surface area contributed by atoms with E-state index in [0.717, 1.165) is 0 Å². The molecule has 0 aliphatic heterocycles. The predicted octanol–water partition coefficient (Wildman–Crippen LogP) is 3.81. The number of para-hydroxylation sites is 1. The van der Waals surface area contributed by atoms with Crippen LogP contribution in [0.5, 0.6) is 0 Å². The monoisotopic (exact) mass is 307 g/mol. The summed E-state index contributed by atoms with van der Waals surface area (Å²) in [6.45, 7) is 0. The van der Waals surface area contributed by atoms with Crippen molar-refractivity contribution in [2.45, 2.75) is 0 Å². The fourth-order valence-corrected chi connectivity index (χ4v) is 2.10. The van der Waals surface area contributed by atoms with Crippen LogP contribution in [0.2, 0.25) is 5.15 Å². The lowest BCUT2D eigenvalue weighted by atomic mass is 10.2. The van der Waals surface area contributed by atoms with Crippen molar-refractivity contribution in [2.24, 2.45) is 0 Å². The van der Waals surface area contributed by atoms with Gasteiger partial charge in [0.25, 0.3) is 0 Å². The van der Waals surface area contributed by atoms with E-state index in [1.54, 1.807) is 36.5 Å². The van der Waals surface area contributed by atoms with E-state index in [-0.39, 0.29) is 0 Å². The van der Waals surface area contributed by atoms with Crippen molar-refractivity contribution in [1.82, 2.24) is 15.0 Å². The Morgan fingerprint density at radius 2 is 1.86 bits per heavy atom. The highest BCUT2D eigenvalue weighted by Gasteiger charge is 2.08. The molecule has 5 nitrogen and oxygen atoms in total. The van der Waals surface area contributed by atoms with E-state index in [2.05, 4.69) is 26.3 Å². The van der Waals surface area contributed by atoms with Crippen LogP contribution in [0.1, 0.15) is 5.56 Å². The van der Waals surface area contributed by atoms with E-state index in [9.17, 15) is 0 Å². The molecule has 22 heavy (non-hydrogen) atoms. The molecule has 0 unspecified atom stereocenters. The summed E-state index contributed by atoms with van der Waals surface area (Å²) in [5.41, 5.74) is 1.81. The van der Waals surface area contributed by atoms with E-state index < -0.39 is 0 Å². The quantitative estimate of drug-likeness (QED) is 0.745. The maximum Gasteiger partial charge on any atom is 0.181 e. The first kappa shape index (κ1) is 14.0. The van der Waals surface area contributed by atoms with E-state index in [4.69, 9.17) is 16.9 Å². The van der Waals surface area contributed by atoms with Crippen LogP contribution in [-0.4, -0.2) is 15.0 Å². The van der Waals surface area contributed by atoms with Gasteiger partial charge in [-0.15, -0.1) is 0 Å². The maximum absolute atomic E-state index is 9.12. The largest absolute Gasteiger partial charge is 0.339 e. The fraction of sp³-hybridized carbons (Fsp3) is 0. The number of halogens is 1. The molecule has 0 aliphatic carbocycles. The van der Waals surface area contributed by atoms with Crippen molar-refractivity contribution >= 4 is 23.1 Å². The second-order valence-corrected chi connectivity index (χ2v) is 4.78. The summed E-state index contributed by atoms with van der Waals surface area (Å²) in [5.74, 6) is 0.924. The molecule has 0 atom stereocenters. The second kappa shape index (κ2) is 6.20. The summed E-state index contributed by atoms with van der Waals surface area (Å²) in [5, 5.41) is 12.5. The molecule has 0 spiro atoms. The zero-order valence-electron chi connectivity index (χ0n) is 11.4. The average Bonchev–Trinajstić information content (AvgIpc) is 2.56. The van der Waals surface area contributed by atoms with Gasteiger partial charge in [0.15, 0.2) is 5.82 Å². The highest BCUT2D eigenvalue weighted by molar-refractivity contribution is 6.29. The van der Waals surface area contributed by atoms with Crippen molar-refractivity contribution in [3.8, 4) is 17.6 Å². The number of benzene rings is 1. The van der Waals surface area contributed by atoms with Crippen molar-refractivity contribution in [3.63, 3.8) is 0 Å². The minimum Gasteiger partial charge on any atom is -0.339 e. The summed E-state index contributed by atoms with van der Waals surface area (Å²) >= 11 is 6.06. The van der Waals surface area contributed by atoms with Crippen LogP contribution < -0.4 is 5.32 Å². The average molecular weight is 308 g/mol. The molecule has 1 N–H and O–H groups in total. The van der Waals surface area contributed by atoms with Gasteiger partial charge in [-0.05, 0) is 24.3 Å². The molecule has 0 radical (unpaired) electrons. The Morgan fingerprint density at radius 1 is 1.05 bits per heavy atom. The van der Waals surface area contributed by atoms with Gasteiger partial charge < -0.3 is 5.32 Å². The standard InChI is InChI=1S/C16H10ClN5/c17-14-9-15(20-12-6-2-1-5-11(12)10-18)22-16(21-14)13-7-3-4-8-19-13/h1-9H,(H,20,21,22). The summed E-state index contributed by atoms with van der Waals surface area (Å²) < 4.78 is 0. The summed E-state index contributed by atoms with van der Waals surface area (Å²) in [6, 6.07) is 16.4. The van der Waals surface area contributed by atoms with Gasteiger partial charge >= 0.3 is 0 Å². The van der Waals surface area contributed by atoms with Crippen molar-refractivity contribution in [3.05, 3.63) is 65.4 Å². The van der Waals surface area contributed by atoms with Gasteiger partial charge in [-0.3, -0.25) is 4.98 Å². The zero-order chi connectivity index (χ0) is 15.4. The first-order valence-electron chi connectivity index (χ1n) is 6.48. The number of hydrogen-bond acceptors (Lipinski definition) is 5. The van der Waals surface area contributed by atoms with Crippen LogP contribution in [0.25, 0.3) is 11.5 Å². The van der Waals surface area contributed by atoms with E-state index in [1.807, 2.05) is 18.2 Å². The lowest BCUT2D eigenvalue weighted by Crippen LogP contribution is -2.00. The first-order chi connectivity index (χ1) is 10.8. The first-order valence-corrected chi connectivity index (χ1v) is 6.86. The van der Waals surface area contributed by atoms with Gasteiger partial charge in [0.1, 0.15) is 22.7 Å². The number of rotatable bonds is 3. The number of nitriles is 1. The van der Waals surface area contributed by atoms with Crippen molar-refractivity contribution < 1.29 is 0 Å². The van der Waals surface area contributed by atoms with E-state index >= 15 is 0 Å². The van der Waals surface area contributed by atoms with Gasteiger partial charge in [0, 0.05) is 12.3 Å². The van der Waals surface area contributed by atoms with Crippen molar-refractivity contribution in [2.75, 3.05) is 5.32 Å². The molecule has 1 aromatic carbocycles. The summed E-state index contributed by atoms with van der Waals surface area (Å²) in [4.78, 5) is 12.8. The topological polar surface area (TPSA) is 74.5 Å². The molecule has 0 aliphatic rings. The smallest absolute Gasteiger partial charge is 0.181 e. The van der Waals surface area contributed by atoms with Gasteiger partial charge in [0.05, 0.1) is 11.3 Å².